The lowest BCUT2D eigenvalue weighted by Crippen LogP contribution is -2.70. The zero-order chi connectivity index (χ0) is 77.3. The average molecular weight is 1510 g/mol. The summed E-state index contributed by atoms with van der Waals surface area (Å²) in [4.78, 5) is 59.6. The summed E-state index contributed by atoms with van der Waals surface area (Å²) in [6, 6.07) is -5.48. The van der Waals surface area contributed by atoms with Crippen molar-refractivity contribution >= 4 is 29.7 Å². The third-order valence-electron chi connectivity index (χ3n) is 18.0. The van der Waals surface area contributed by atoms with E-state index < -0.39 is 159 Å². The van der Waals surface area contributed by atoms with E-state index in [1.54, 1.807) is 13.8 Å². The molecule has 5 aliphatic rings. The molecule has 36 nitrogen and oxygen atoms in total. The lowest BCUT2D eigenvalue weighted by molar-refractivity contribution is -0.351. The van der Waals surface area contributed by atoms with Gasteiger partial charge in [-0.15, -0.1) is 0 Å². The Labute approximate surface area is 610 Å². The van der Waals surface area contributed by atoms with Crippen LogP contribution in [0.1, 0.15) is 138 Å². The topological polar surface area (TPSA) is 523 Å². The molecule has 5 rings (SSSR count). The first-order valence-corrected chi connectivity index (χ1v) is 36.6. The Morgan fingerprint density at radius 2 is 0.673 bits per heavy atom. The highest BCUT2D eigenvalue weighted by molar-refractivity contribution is 5.85. The molecule has 17 N–H and O–H groups in total. The van der Waals surface area contributed by atoms with Gasteiger partial charge in [0.2, 0.25) is 17.7 Å². The number of rotatable bonds is 45. The van der Waals surface area contributed by atoms with E-state index in [4.69, 9.17) is 103 Å². The van der Waals surface area contributed by atoms with Crippen LogP contribution in [-0.2, 0) is 99.8 Å². The van der Waals surface area contributed by atoms with Gasteiger partial charge in [-0.2, -0.15) is 0 Å². The van der Waals surface area contributed by atoms with E-state index in [0.717, 1.165) is 64.2 Å². The number of methoxy groups -OCH3 is 2. The minimum absolute atomic E-state index is 0.00163. The van der Waals surface area contributed by atoms with Crippen LogP contribution in [0.5, 0.6) is 0 Å². The molecule has 0 aliphatic carbocycles. The molecule has 0 aromatic carbocycles. The number of nitrogens with one attached hydrogen (secondary N) is 3. The maximum atomic E-state index is 12.9. The largest absolute Gasteiger partial charge is 0.394 e. The van der Waals surface area contributed by atoms with Crippen LogP contribution < -0.4 is 27.4 Å². The summed E-state index contributed by atoms with van der Waals surface area (Å²) in [6.45, 7) is 10.6. The van der Waals surface area contributed by atoms with Crippen molar-refractivity contribution in [3.8, 4) is 0 Å². The van der Waals surface area contributed by atoms with Gasteiger partial charge in [-0.25, -0.2) is 0 Å². The van der Waals surface area contributed by atoms with Gasteiger partial charge in [0, 0.05) is 59.2 Å². The summed E-state index contributed by atoms with van der Waals surface area (Å²) in [5.41, 5.74) is 12.5. The molecule has 5 fully saturated rings. The normalized spacial score (nSPS) is 33.5. The Balaban J connectivity index is 0.000000472. The Morgan fingerprint density at radius 1 is 0.385 bits per heavy atom. The van der Waals surface area contributed by atoms with E-state index >= 15 is 0 Å². The van der Waals surface area contributed by atoms with Crippen LogP contribution in [0.3, 0.4) is 0 Å². The summed E-state index contributed by atoms with van der Waals surface area (Å²) in [5, 5.41) is 110. The summed E-state index contributed by atoms with van der Waals surface area (Å²) >= 11 is 0. The Morgan fingerprint density at radius 3 is 1.00 bits per heavy atom. The van der Waals surface area contributed by atoms with E-state index in [-0.39, 0.29) is 129 Å². The van der Waals surface area contributed by atoms with Crippen molar-refractivity contribution < 1.29 is 151 Å². The fraction of sp³-hybridized carbons (Fsp3) is 0.926. The minimum Gasteiger partial charge on any atom is -0.394 e. The second-order valence-corrected chi connectivity index (χ2v) is 26.3. The molecule has 0 aromatic rings. The summed E-state index contributed by atoms with van der Waals surface area (Å²) in [7, 11) is 2.71. The van der Waals surface area contributed by atoms with Crippen molar-refractivity contribution in [2.45, 2.75) is 279 Å². The molecule has 5 heterocycles. The molecular weight excluding hydrogens is 1380 g/mol. The molecule has 0 saturated carbocycles. The summed E-state index contributed by atoms with van der Waals surface area (Å²) in [6.07, 6.45) is -9.14. The molecule has 0 spiro atoms. The van der Waals surface area contributed by atoms with Crippen LogP contribution in [0.2, 0.25) is 0 Å². The van der Waals surface area contributed by atoms with E-state index in [9.17, 15) is 59.7 Å². The smallest absolute Gasteiger partial charge is 0.313 e. The molecule has 3 amide bonds. The lowest BCUT2D eigenvalue weighted by Gasteiger charge is -2.50. The van der Waals surface area contributed by atoms with Gasteiger partial charge in [0.15, 0.2) is 31.5 Å². The van der Waals surface area contributed by atoms with Crippen molar-refractivity contribution in [3.63, 3.8) is 0 Å². The molecule has 104 heavy (non-hydrogen) atoms. The molecule has 5 saturated heterocycles. The van der Waals surface area contributed by atoms with Crippen molar-refractivity contribution in [2.75, 3.05) is 113 Å². The van der Waals surface area contributed by atoms with E-state index in [1.807, 2.05) is 6.92 Å². The molecule has 0 radical (unpaired) electrons. The van der Waals surface area contributed by atoms with Gasteiger partial charge in [0.25, 0.3) is 0 Å². The number of nitrogens with two attached hydrogens (primary N) is 2. The van der Waals surface area contributed by atoms with Gasteiger partial charge in [-0.3, -0.25) is 24.0 Å². The van der Waals surface area contributed by atoms with E-state index in [0.29, 0.717) is 19.3 Å². The predicted octanol–water partition coefficient (Wildman–Crippen LogP) is -3.11. The number of ether oxygens (including phenoxy) is 16. The zero-order valence-electron chi connectivity index (χ0n) is 62.1. The average Bonchev–Trinajstić information content (AvgIpc) is 0.781. The number of hydrogen-bond donors (Lipinski definition) is 15. The first-order valence-electron chi connectivity index (χ1n) is 36.6. The number of hydrogen-bond acceptors (Lipinski definition) is 33. The fourth-order valence-corrected chi connectivity index (χ4v) is 12.2. The molecule has 5 aliphatic heterocycles. The van der Waals surface area contributed by atoms with Crippen molar-refractivity contribution in [2.24, 2.45) is 23.3 Å². The van der Waals surface area contributed by atoms with Crippen LogP contribution in [0.4, 0.5) is 0 Å². The van der Waals surface area contributed by atoms with Gasteiger partial charge in [-0.1, -0.05) is 86.0 Å². The van der Waals surface area contributed by atoms with Gasteiger partial charge in [-0.05, 0) is 19.3 Å². The van der Waals surface area contributed by atoms with E-state index in [2.05, 4.69) is 29.8 Å². The van der Waals surface area contributed by atoms with Crippen LogP contribution in [-0.4, -0.2) is 335 Å². The van der Waals surface area contributed by atoms with Gasteiger partial charge < -0.3 is 154 Å². The summed E-state index contributed by atoms with van der Waals surface area (Å²) < 4.78 is 91.7. The van der Waals surface area contributed by atoms with Crippen LogP contribution in [0, 0.1) is 11.8 Å². The molecule has 10 unspecified atom stereocenters. The van der Waals surface area contributed by atoms with Crippen molar-refractivity contribution in [1.82, 2.24) is 16.0 Å². The highest BCUT2D eigenvalue weighted by atomic mass is 16.8. The monoisotopic (exact) mass is 1510 g/mol. The zero-order valence-corrected chi connectivity index (χ0v) is 62.1. The summed E-state index contributed by atoms with van der Waals surface area (Å²) in [5.74, 6) is -2.92. The minimum atomic E-state index is -1.61. The molecule has 0 aromatic heterocycles. The lowest BCUT2D eigenvalue weighted by atomic mass is 9.89. The number of carbonyl (C=O) groups excluding carboxylic acids is 5. The Bertz CT molecular complexity index is 2300. The Hall–Kier alpha value is -3.53. The maximum absolute atomic E-state index is 12.9. The molecular formula is C68H127N5O31. The predicted molar refractivity (Wildman–Crippen MR) is 366 cm³/mol. The number of unbranched alkanes of at least 4 members (excludes halogenated alkanes) is 8. The highest BCUT2D eigenvalue weighted by Crippen LogP contribution is 2.36. The van der Waals surface area contributed by atoms with E-state index in [1.165, 1.54) is 28.1 Å². The molecule has 0 bridgehead atoms. The van der Waals surface area contributed by atoms with Gasteiger partial charge in [0.05, 0.1) is 136 Å². The van der Waals surface area contributed by atoms with Crippen LogP contribution in [0.15, 0.2) is 0 Å². The molecule has 25 atom stereocenters. The van der Waals surface area contributed by atoms with Gasteiger partial charge in [0.1, 0.15) is 73.1 Å². The maximum Gasteiger partial charge on any atom is 0.313 e. The first-order chi connectivity index (χ1) is 49.9. The molecule has 36 heteroatoms. The second kappa shape index (κ2) is 53.3. The van der Waals surface area contributed by atoms with Crippen molar-refractivity contribution in [3.05, 3.63) is 0 Å². The standard InChI is InChI=1S/C34H63N3O17.C20H38N2O11.C14H26O3/c1-5-6-7-8-23(42)37-25-28(44)31(21(16-48-13-10-39)51-33(25)46-4)54-34-26(36-19(3)41)29(45)30(22(52-34)17-49-14-11-40)53-32-24(35)27(43)18(2)20(50-32)15-47-12-9-38;1-10-12(8-29-6-4-23)31-19(14(21)16(10)26)33-18-13(9-30-7-5-24)32-20(28-3)15(17(18)27)22-11(2)25;1-3-5-7-9-11-13(15)17-14(16)12-10-8-6-4-2/h18,20-22,24-34,38-40,43-45H,5-17,35H2,1-4H3,(H,36,41)(H,37,42);10,12-20,23-24,26-27H,4-9,21H2,1-3H3,(H,22,25);3-12H2,1-2H3/t18-,20?,21?,22?,24?,25?,26?,27+,28-,29-,30-,31-,32-,33+,34-;10-,12?,13?,14?,15?,16+,17-,18-,19-,20+;/m00./s1. The van der Waals surface area contributed by atoms with Crippen LogP contribution >= 0.6 is 0 Å². The number of aliphatic hydroxyl groups is 10. The quantitative estimate of drug-likeness (QED) is 0.0163. The van der Waals surface area contributed by atoms with Gasteiger partial charge >= 0.3 is 11.9 Å². The third-order valence-corrected chi connectivity index (χ3v) is 18.0. The third kappa shape index (κ3) is 32.2. The first kappa shape index (κ1) is 94.7. The SMILES string of the molecule is CCCCCC(=O)NC1[C@H](OC)OC(COCCO)[C@H](O[C@@H]2OC(COCCO)[C@H](O[C@@H]3OC(COCCO)[C@H](C)[C@@H](O)C3N)[C@@H](O)C2NC(C)=O)[C@H]1O.CCCCCCC(=O)OC(=O)CCCCCC.CO[C@@H]1OC(COCCO)[C@H](O[C@@H]2OC(COCCO)[C@H](C)[C@@H](O)C2N)[C@@H](O)C1NC(C)=O. The fourth-order valence-electron chi connectivity index (χ4n) is 12.2. The second-order valence-electron chi connectivity index (χ2n) is 26.3. The van der Waals surface area contributed by atoms with Crippen molar-refractivity contribution in [1.29, 1.82) is 0 Å². The Kier molecular flexibility index (Phi) is 48.6. The molecule has 610 valence electrons. The number of aliphatic hydroxyl groups excluding tert-OH is 10. The number of amides is 3. The highest BCUT2D eigenvalue weighted by Gasteiger charge is 2.55. The van der Waals surface area contributed by atoms with Crippen LogP contribution in [0.25, 0.3) is 0 Å². The number of esters is 2. The number of carbonyl (C=O) groups is 5.